The number of carbonyl (C=O) groups is 1. The fourth-order valence-electron chi connectivity index (χ4n) is 3.36. The Bertz CT molecular complexity index is 873. The fourth-order valence-corrected chi connectivity index (χ4v) is 3.36. The van der Waals surface area contributed by atoms with Crippen molar-refractivity contribution in [3.8, 4) is 5.75 Å². The molecule has 0 spiro atoms. The molecular weight excluding hydrogens is 336 g/mol. The van der Waals surface area contributed by atoms with Crippen molar-refractivity contribution >= 4 is 5.97 Å². The number of aromatic hydroxyl groups is 1. The summed E-state index contributed by atoms with van der Waals surface area (Å²) in [6.45, 7) is 0. The molecule has 0 radical (unpaired) electrons. The average Bonchev–Trinajstić information content (AvgIpc) is 2.72. The smallest absolute Gasteiger partial charge is 0.341 e. The summed E-state index contributed by atoms with van der Waals surface area (Å²) in [5, 5.41) is 10.3. The molecule has 1 N–H and O–H groups in total. The third-order valence-corrected chi connectivity index (χ3v) is 4.85. The molecule has 0 aromatic heterocycles. The highest BCUT2D eigenvalue weighted by Crippen LogP contribution is 2.30. The lowest BCUT2D eigenvalue weighted by Gasteiger charge is -2.19. The van der Waals surface area contributed by atoms with E-state index in [0.29, 0.717) is 0 Å². The lowest BCUT2D eigenvalue weighted by molar-refractivity contribution is 0.0597. The van der Waals surface area contributed by atoms with Gasteiger partial charge in [-0.15, -0.1) is 0 Å². The second kappa shape index (κ2) is 9.04. The number of hydrogen-bond donors (Lipinski definition) is 1. The van der Waals surface area contributed by atoms with Gasteiger partial charge < -0.3 is 9.84 Å². The van der Waals surface area contributed by atoms with Crippen molar-refractivity contribution in [2.75, 3.05) is 7.11 Å². The van der Waals surface area contributed by atoms with Crippen LogP contribution in [0.2, 0.25) is 0 Å². The number of methoxy groups -OCH3 is 1. The number of carbonyl (C=O) groups excluding carboxylic acids is 1. The Morgan fingerprint density at radius 3 is 2.15 bits per heavy atom. The molecule has 0 saturated heterocycles. The summed E-state index contributed by atoms with van der Waals surface area (Å²) in [6, 6.07) is 26.0. The summed E-state index contributed by atoms with van der Waals surface area (Å²) in [7, 11) is 1.31. The van der Waals surface area contributed by atoms with Crippen LogP contribution in [0, 0.1) is 0 Å². The normalized spacial score (nSPS) is 11.7. The number of phenolic OH excluding ortho intramolecular Hbond substituents is 1. The van der Waals surface area contributed by atoms with E-state index in [1.165, 1.54) is 18.2 Å². The fraction of sp³-hybridized carbons (Fsp3) is 0.208. The molecule has 3 nitrogen and oxygen atoms in total. The SMILES string of the molecule is COC(=O)c1ccc(C(CCc2ccccc2)Cc2ccccc2)cc1O. The zero-order valence-corrected chi connectivity index (χ0v) is 15.5. The van der Waals surface area contributed by atoms with Gasteiger partial charge in [0.2, 0.25) is 0 Å². The van der Waals surface area contributed by atoms with Crippen molar-refractivity contribution in [2.45, 2.75) is 25.2 Å². The summed E-state index contributed by atoms with van der Waals surface area (Å²) in [4.78, 5) is 11.7. The van der Waals surface area contributed by atoms with Gasteiger partial charge >= 0.3 is 5.97 Å². The second-order valence-corrected chi connectivity index (χ2v) is 6.68. The molecule has 3 heteroatoms. The van der Waals surface area contributed by atoms with Crippen molar-refractivity contribution in [3.05, 3.63) is 101 Å². The Balaban J connectivity index is 1.84. The summed E-state index contributed by atoms with van der Waals surface area (Å²) in [5.74, 6) is -0.315. The average molecular weight is 360 g/mol. The van der Waals surface area contributed by atoms with Crippen LogP contribution in [-0.4, -0.2) is 18.2 Å². The number of ether oxygens (including phenoxy) is 1. The van der Waals surface area contributed by atoms with E-state index in [2.05, 4.69) is 36.4 Å². The number of esters is 1. The van der Waals surface area contributed by atoms with Gasteiger partial charge in [0.15, 0.2) is 0 Å². The second-order valence-electron chi connectivity index (χ2n) is 6.68. The quantitative estimate of drug-likeness (QED) is 0.594. The molecule has 0 amide bonds. The molecule has 3 aromatic carbocycles. The molecule has 0 bridgehead atoms. The van der Waals surface area contributed by atoms with Gasteiger partial charge in [-0.05, 0) is 54.0 Å². The third kappa shape index (κ3) is 4.98. The van der Waals surface area contributed by atoms with Crippen LogP contribution < -0.4 is 0 Å². The maximum Gasteiger partial charge on any atom is 0.341 e. The van der Waals surface area contributed by atoms with Gasteiger partial charge in [-0.3, -0.25) is 0 Å². The lowest BCUT2D eigenvalue weighted by Crippen LogP contribution is -2.07. The minimum Gasteiger partial charge on any atom is -0.507 e. The first-order chi connectivity index (χ1) is 13.2. The summed E-state index contributed by atoms with van der Waals surface area (Å²) < 4.78 is 4.72. The molecule has 0 heterocycles. The van der Waals surface area contributed by atoms with Crippen LogP contribution in [0.4, 0.5) is 0 Å². The summed E-state index contributed by atoms with van der Waals surface area (Å²) >= 11 is 0. The van der Waals surface area contributed by atoms with Gasteiger partial charge in [0, 0.05) is 0 Å². The van der Waals surface area contributed by atoms with Crippen molar-refractivity contribution in [3.63, 3.8) is 0 Å². The van der Waals surface area contributed by atoms with Gasteiger partial charge in [-0.1, -0.05) is 66.7 Å². The van der Waals surface area contributed by atoms with Gasteiger partial charge in [0.25, 0.3) is 0 Å². The van der Waals surface area contributed by atoms with Crippen LogP contribution in [0.1, 0.15) is 39.4 Å². The highest BCUT2D eigenvalue weighted by atomic mass is 16.5. The maximum atomic E-state index is 11.7. The number of rotatable bonds is 7. The van der Waals surface area contributed by atoms with Crippen molar-refractivity contribution in [1.29, 1.82) is 0 Å². The molecule has 3 aromatic rings. The van der Waals surface area contributed by atoms with Crippen molar-refractivity contribution in [2.24, 2.45) is 0 Å². The highest BCUT2D eigenvalue weighted by molar-refractivity contribution is 5.92. The Labute approximate surface area is 160 Å². The van der Waals surface area contributed by atoms with Crippen LogP contribution in [0.3, 0.4) is 0 Å². The van der Waals surface area contributed by atoms with Crippen LogP contribution in [0.5, 0.6) is 5.75 Å². The standard InChI is InChI=1S/C24H24O3/c1-27-24(26)22-15-14-21(17-23(22)25)20(16-19-10-6-3-7-11-19)13-12-18-8-4-2-5-9-18/h2-11,14-15,17,20,25H,12-13,16H2,1H3. The number of hydrogen-bond acceptors (Lipinski definition) is 3. The van der Waals surface area contributed by atoms with Crippen LogP contribution in [-0.2, 0) is 17.6 Å². The minimum absolute atomic E-state index is 0.0304. The predicted octanol–water partition coefficient (Wildman–Crippen LogP) is 5.14. The number of aryl methyl sites for hydroxylation is 1. The van der Waals surface area contributed by atoms with E-state index in [1.54, 1.807) is 12.1 Å². The Kier molecular flexibility index (Phi) is 6.26. The monoisotopic (exact) mass is 360 g/mol. The molecule has 0 saturated carbocycles. The van der Waals surface area contributed by atoms with Gasteiger partial charge in [-0.25, -0.2) is 4.79 Å². The first-order valence-electron chi connectivity index (χ1n) is 9.16. The minimum atomic E-state index is -0.525. The molecule has 0 aliphatic heterocycles. The van der Waals surface area contributed by atoms with E-state index in [-0.39, 0.29) is 17.2 Å². The Hall–Kier alpha value is -3.07. The molecule has 0 fully saturated rings. The maximum absolute atomic E-state index is 11.7. The van der Waals surface area contributed by atoms with E-state index < -0.39 is 5.97 Å². The van der Waals surface area contributed by atoms with Gasteiger partial charge in [0.1, 0.15) is 11.3 Å². The largest absolute Gasteiger partial charge is 0.507 e. The predicted molar refractivity (Wildman–Crippen MR) is 107 cm³/mol. The molecule has 0 aliphatic carbocycles. The Morgan fingerprint density at radius 1 is 0.926 bits per heavy atom. The Morgan fingerprint density at radius 2 is 1.56 bits per heavy atom. The summed E-state index contributed by atoms with van der Waals surface area (Å²) in [5.41, 5.74) is 3.78. The van der Waals surface area contributed by atoms with E-state index in [1.807, 2.05) is 30.3 Å². The van der Waals surface area contributed by atoms with Crippen molar-refractivity contribution in [1.82, 2.24) is 0 Å². The molecular formula is C24H24O3. The molecule has 1 atom stereocenters. The van der Waals surface area contributed by atoms with Gasteiger partial charge in [0.05, 0.1) is 7.11 Å². The first kappa shape index (κ1) is 18.7. The molecule has 138 valence electrons. The molecule has 0 aliphatic rings. The van der Waals surface area contributed by atoms with E-state index >= 15 is 0 Å². The van der Waals surface area contributed by atoms with Crippen LogP contribution in [0.25, 0.3) is 0 Å². The molecule has 1 unspecified atom stereocenters. The van der Waals surface area contributed by atoms with E-state index in [0.717, 1.165) is 24.8 Å². The topological polar surface area (TPSA) is 46.5 Å². The van der Waals surface area contributed by atoms with E-state index in [4.69, 9.17) is 4.74 Å². The highest BCUT2D eigenvalue weighted by Gasteiger charge is 2.17. The van der Waals surface area contributed by atoms with Crippen LogP contribution >= 0.6 is 0 Å². The lowest BCUT2D eigenvalue weighted by atomic mass is 9.86. The number of benzene rings is 3. The number of phenols is 1. The zero-order valence-electron chi connectivity index (χ0n) is 15.5. The summed E-state index contributed by atoms with van der Waals surface area (Å²) in [6.07, 6.45) is 2.79. The van der Waals surface area contributed by atoms with E-state index in [9.17, 15) is 9.90 Å². The van der Waals surface area contributed by atoms with Crippen molar-refractivity contribution < 1.29 is 14.6 Å². The molecule has 3 rings (SSSR count). The first-order valence-corrected chi connectivity index (χ1v) is 9.16. The van der Waals surface area contributed by atoms with Crippen LogP contribution in [0.15, 0.2) is 78.9 Å². The molecule has 27 heavy (non-hydrogen) atoms. The zero-order chi connectivity index (χ0) is 19.1. The van der Waals surface area contributed by atoms with Gasteiger partial charge in [-0.2, -0.15) is 0 Å². The third-order valence-electron chi connectivity index (χ3n) is 4.85.